The lowest BCUT2D eigenvalue weighted by Gasteiger charge is -2.27. The number of anilines is 1. The van der Waals surface area contributed by atoms with Gasteiger partial charge < -0.3 is 4.90 Å². The largest absolute Gasteiger partial charge is 0.342 e. The Morgan fingerprint density at radius 3 is 3.19 bits per heavy atom. The van der Waals surface area contributed by atoms with Crippen molar-refractivity contribution in [2.24, 2.45) is 0 Å². The van der Waals surface area contributed by atoms with E-state index in [0.717, 1.165) is 24.6 Å². The lowest BCUT2D eigenvalue weighted by molar-refractivity contribution is 0.710. The van der Waals surface area contributed by atoms with Gasteiger partial charge in [-0.15, -0.1) is 0 Å². The topological polar surface area (TPSA) is 41.9 Å². The van der Waals surface area contributed by atoms with E-state index in [0.29, 0.717) is 5.28 Å². The molecule has 0 N–H and O–H groups in total. The zero-order valence-electron chi connectivity index (χ0n) is 8.43. The van der Waals surface area contributed by atoms with E-state index >= 15 is 0 Å². The summed E-state index contributed by atoms with van der Waals surface area (Å²) in [7, 11) is 0. The van der Waals surface area contributed by atoms with Crippen LogP contribution in [0.2, 0.25) is 5.28 Å². The molecule has 0 fully saturated rings. The smallest absolute Gasteiger partial charge is 0.236 e. The third-order valence-electron chi connectivity index (χ3n) is 2.63. The minimum absolute atomic E-state index is 0.331. The lowest BCUT2D eigenvalue weighted by atomic mass is 10.1. The van der Waals surface area contributed by atoms with Crippen molar-refractivity contribution in [2.45, 2.75) is 13.0 Å². The first-order chi connectivity index (χ1) is 7.83. The Labute approximate surface area is 102 Å². The average Bonchev–Trinajstić information content (AvgIpc) is 2.75. The second-order valence-electron chi connectivity index (χ2n) is 3.63. The van der Waals surface area contributed by atoms with Gasteiger partial charge in [0.05, 0.1) is 0 Å². The van der Waals surface area contributed by atoms with E-state index in [1.54, 1.807) is 0 Å². The number of hydrogen-bond acceptors (Lipinski definition) is 5. The van der Waals surface area contributed by atoms with Crippen molar-refractivity contribution in [3.8, 4) is 0 Å². The minimum atomic E-state index is 0.331. The van der Waals surface area contributed by atoms with Crippen molar-refractivity contribution in [2.75, 3.05) is 11.4 Å². The molecule has 2 aromatic rings. The van der Waals surface area contributed by atoms with Crippen molar-refractivity contribution in [3.63, 3.8) is 0 Å². The van der Waals surface area contributed by atoms with Crippen LogP contribution < -0.4 is 4.90 Å². The Kier molecular flexibility index (Phi) is 2.49. The Bertz CT molecular complexity index is 513. The SMILES string of the molecule is Clc1nsc(N2CCc3ncccc3C2)n1. The van der Waals surface area contributed by atoms with Crippen molar-refractivity contribution in [3.05, 3.63) is 34.9 Å². The van der Waals surface area contributed by atoms with Crippen LogP contribution in [0, 0.1) is 0 Å². The van der Waals surface area contributed by atoms with E-state index in [1.165, 1.54) is 22.8 Å². The molecule has 0 radical (unpaired) electrons. The van der Waals surface area contributed by atoms with E-state index in [2.05, 4.69) is 25.3 Å². The van der Waals surface area contributed by atoms with Crippen LogP contribution in [-0.2, 0) is 13.0 Å². The fourth-order valence-electron chi connectivity index (χ4n) is 1.86. The summed E-state index contributed by atoms with van der Waals surface area (Å²) >= 11 is 7.07. The summed E-state index contributed by atoms with van der Waals surface area (Å²) in [6, 6.07) is 4.08. The molecule has 0 bridgehead atoms. The first-order valence-electron chi connectivity index (χ1n) is 5.00. The molecule has 6 heteroatoms. The first-order valence-corrected chi connectivity index (χ1v) is 6.15. The van der Waals surface area contributed by atoms with Crippen LogP contribution >= 0.6 is 23.1 Å². The molecule has 0 amide bonds. The molecule has 0 saturated carbocycles. The highest BCUT2D eigenvalue weighted by Gasteiger charge is 2.19. The molecular weight excluding hydrogens is 244 g/mol. The molecule has 3 rings (SSSR count). The van der Waals surface area contributed by atoms with E-state index in [4.69, 9.17) is 11.6 Å². The Morgan fingerprint density at radius 2 is 2.38 bits per heavy atom. The van der Waals surface area contributed by atoms with Crippen LogP contribution in [-0.4, -0.2) is 20.9 Å². The molecule has 2 aromatic heterocycles. The maximum absolute atomic E-state index is 5.73. The van der Waals surface area contributed by atoms with Gasteiger partial charge in [0.1, 0.15) is 0 Å². The van der Waals surface area contributed by atoms with Gasteiger partial charge in [0.2, 0.25) is 10.4 Å². The van der Waals surface area contributed by atoms with E-state index in [1.807, 2.05) is 12.3 Å². The third kappa shape index (κ3) is 1.76. The molecule has 3 heterocycles. The fourth-order valence-corrected chi connectivity index (χ4v) is 2.69. The van der Waals surface area contributed by atoms with Crippen LogP contribution in [0.15, 0.2) is 18.3 Å². The molecule has 0 atom stereocenters. The van der Waals surface area contributed by atoms with Gasteiger partial charge in [0, 0.05) is 42.9 Å². The van der Waals surface area contributed by atoms with Gasteiger partial charge in [-0.1, -0.05) is 6.07 Å². The van der Waals surface area contributed by atoms with Crippen molar-refractivity contribution >= 4 is 28.3 Å². The van der Waals surface area contributed by atoms with E-state index < -0.39 is 0 Å². The number of pyridine rings is 1. The number of halogens is 1. The normalized spacial score (nSPS) is 14.9. The molecule has 16 heavy (non-hydrogen) atoms. The van der Waals surface area contributed by atoms with Gasteiger partial charge in [-0.2, -0.15) is 9.36 Å². The van der Waals surface area contributed by atoms with E-state index in [-0.39, 0.29) is 0 Å². The second kappa shape index (κ2) is 3.99. The Hall–Kier alpha value is -1.20. The van der Waals surface area contributed by atoms with Crippen molar-refractivity contribution < 1.29 is 0 Å². The van der Waals surface area contributed by atoms with Crippen LogP contribution in [0.3, 0.4) is 0 Å². The van der Waals surface area contributed by atoms with Crippen molar-refractivity contribution in [1.29, 1.82) is 0 Å². The summed E-state index contributed by atoms with van der Waals surface area (Å²) in [5.74, 6) is 0. The van der Waals surface area contributed by atoms with Gasteiger partial charge in [0.15, 0.2) is 0 Å². The van der Waals surface area contributed by atoms with Gasteiger partial charge in [-0.05, 0) is 23.2 Å². The molecule has 1 aliphatic heterocycles. The lowest BCUT2D eigenvalue weighted by Crippen LogP contribution is -2.30. The number of aromatic nitrogens is 3. The molecule has 0 aliphatic carbocycles. The number of fused-ring (bicyclic) bond motifs is 1. The number of nitrogens with zero attached hydrogens (tertiary/aromatic N) is 4. The van der Waals surface area contributed by atoms with Crippen LogP contribution in [0.1, 0.15) is 11.3 Å². The van der Waals surface area contributed by atoms with Crippen LogP contribution in [0.5, 0.6) is 0 Å². The summed E-state index contributed by atoms with van der Waals surface area (Å²) in [5, 5.41) is 1.22. The summed E-state index contributed by atoms with van der Waals surface area (Å²) in [5.41, 5.74) is 2.45. The molecule has 0 saturated heterocycles. The Balaban J connectivity index is 1.88. The van der Waals surface area contributed by atoms with Crippen LogP contribution in [0.4, 0.5) is 5.13 Å². The standard InChI is InChI=1S/C10H9ClN4S/c11-9-13-10(16-14-9)15-5-3-8-7(6-15)2-1-4-12-8/h1-2,4H,3,5-6H2. The quantitative estimate of drug-likeness (QED) is 0.780. The first kappa shape index (κ1) is 9.99. The van der Waals surface area contributed by atoms with Crippen molar-refractivity contribution in [1.82, 2.24) is 14.3 Å². The maximum Gasteiger partial charge on any atom is 0.236 e. The molecule has 1 aliphatic rings. The van der Waals surface area contributed by atoms with Crippen LogP contribution in [0.25, 0.3) is 0 Å². The predicted octanol–water partition coefficient (Wildman–Crippen LogP) is 2.15. The molecule has 82 valence electrons. The minimum Gasteiger partial charge on any atom is -0.342 e. The summed E-state index contributed by atoms with van der Waals surface area (Å²) in [6.07, 6.45) is 2.80. The van der Waals surface area contributed by atoms with Gasteiger partial charge >= 0.3 is 0 Å². The maximum atomic E-state index is 5.73. The average molecular weight is 253 g/mol. The molecule has 0 spiro atoms. The number of rotatable bonds is 1. The molecule has 0 unspecified atom stereocenters. The third-order valence-corrected chi connectivity index (χ3v) is 3.67. The van der Waals surface area contributed by atoms with E-state index in [9.17, 15) is 0 Å². The molecule has 4 nitrogen and oxygen atoms in total. The Morgan fingerprint density at radius 1 is 1.44 bits per heavy atom. The highest BCUT2D eigenvalue weighted by atomic mass is 35.5. The summed E-state index contributed by atoms with van der Waals surface area (Å²) in [6.45, 7) is 1.77. The summed E-state index contributed by atoms with van der Waals surface area (Å²) in [4.78, 5) is 10.7. The molecule has 0 aromatic carbocycles. The zero-order valence-corrected chi connectivity index (χ0v) is 10.0. The molecular formula is C10H9ClN4S. The zero-order chi connectivity index (χ0) is 11.0. The van der Waals surface area contributed by atoms with Gasteiger partial charge in [0.25, 0.3) is 0 Å². The summed E-state index contributed by atoms with van der Waals surface area (Å²) < 4.78 is 3.99. The highest BCUT2D eigenvalue weighted by molar-refractivity contribution is 7.10. The monoisotopic (exact) mass is 252 g/mol. The fraction of sp³-hybridized carbons (Fsp3) is 0.300. The predicted molar refractivity (Wildman–Crippen MR) is 63.9 cm³/mol. The van der Waals surface area contributed by atoms with Gasteiger partial charge in [-0.3, -0.25) is 4.98 Å². The highest BCUT2D eigenvalue weighted by Crippen LogP contribution is 2.25. The number of hydrogen-bond donors (Lipinski definition) is 0. The van der Waals surface area contributed by atoms with Gasteiger partial charge in [-0.25, -0.2) is 0 Å². The second-order valence-corrected chi connectivity index (χ2v) is 4.70.